The predicted molar refractivity (Wildman–Crippen MR) is 109 cm³/mol. The highest BCUT2D eigenvalue weighted by Gasteiger charge is 2.39. The molecule has 1 amide bonds. The van der Waals surface area contributed by atoms with Crippen molar-refractivity contribution in [3.8, 4) is 0 Å². The number of amides is 1. The summed E-state index contributed by atoms with van der Waals surface area (Å²) in [7, 11) is 1.65. The molecule has 5 nitrogen and oxygen atoms in total. The molecule has 0 aliphatic carbocycles. The van der Waals surface area contributed by atoms with Crippen molar-refractivity contribution in [2.45, 2.75) is 44.4 Å². The van der Waals surface area contributed by atoms with E-state index in [4.69, 9.17) is 4.74 Å². The Labute approximate surface area is 169 Å². The van der Waals surface area contributed by atoms with Gasteiger partial charge in [-0.3, -0.25) is 9.69 Å². The number of nitrogens with zero attached hydrogens (tertiary/aromatic N) is 1. The smallest absolute Gasteiger partial charge is 0.252 e. The first kappa shape index (κ1) is 23.2. The lowest BCUT2D eigenvalue weighted by Gasteiger charge is -2.34. The number of benzene rings is 1. The van der Waals surface area contributed by atoms with Crippen LogP contribution in [0.2, 0.25) is 0 Å². The number of hydrogen-bond donors (Lipinski definition) is 2. The van der Waals surface area contributed by atoms with Crippen LogP contribution < -0.4 is 10.6 Å². The summed E-state index contributed by atoms with van der Waals surface area (Å²) in [6.45, 7) is 5.56. The minimum Gasteiger partial charge on any atom is -0.368 e. The number of carbonyl (C=O) groups is 1. The summed E-state index contributed by atoms with van der Waals surface area (Å²) in [6.07, 6.45) is 4.04. The van der Waals surface area contributed by atoms with Gasteiger partial charge < -0.3 is 15.4 Å². The molecular weight excluding hydrogens is 373 g/mol. The topological polar surface area (TPSA) is 53.6 Å². The number of nitrogens with one attached hydrogen (secondary N) is 2. The monoisotopic (exact) mass is 403 g/mol. The van der Waals surface area contributed by atoms with Crippen LogP contribution in [0.3, 0.4) is 0 Å². The van der Waals surface area contributed by atoms with Crippen LogP contribution in [0.4, 0.5) is 0 Å². The highest BCUT2D eigenvalue weighted by molar-refractivity contribution is 5.86. The number of hydrogen-bond acceptors (Lipinski definition) is 4. The number of piperidine rings is 1. The SMILES string of the molecule is COC1(C(=O)NCc2ccccc2CN2CCCC2)CCNCC1.Cl.Cl. The van der Waals surface area contributed by atoms with E-state index in [0.29, 0.717) is 6.54 Å². The summed E-state index contributed by atoms with van der Waals surface area (Å²) in [5.41, 5.74) is 1.85. The molecule has 0 atom stereocenters. The zero-order valence-electron chi connectivity index (χ0n) is 15.5. The number of methoxy groups -OCH3 is 1. The molecule has 0 saturated carbocycles. The lowest BCUT2D eigenvalue weighted by Crippen LogP contribution is -2.54. The maximum Gasteiger partial charge on any atom is 0.252 e. The molecule has 0 radical (unpaired) electrons. The van der Waals surface area contributed by atoms with Gasteiger partial charge in [0.15, 0.2) is 0 Å². The number of carbonyl (C=O) groups excluding carboxylic acids is 1. The molecular formula is C19H31Cl2N3O2. The second kappa shape index (κ2) is 11.1. The van der Waals surface area contributed by atoms with Gasteiger partial charge in [-0.2, -0.15) is 0 Å². The van der Waals surface area contributed by atoms with E-state index in [0.717, 1.165) is 32.5 Å². The first-order chi connectivity index (χ1) is 11.7. The van der Waals surface area contributed by atoms with Crippen molar-refractivity contribution in [2.75, 3.05) is 33.3 Å². The normalized spacial score (nSPS) is 19.3. The zero-order chi connectivity index (χ0) is 16.8. The summed E-state index contributed by atoms with van der Waals surface area (Å²) in [5, 5.41) is 6.40. The molecule has 2 heterocycles. The Kier molecular flexibility index (Phi) is 9.90. The quantitative estimate of drug-likeness (QED) is 0.765. The Hall–Kier alpha value is -0.850. The fourth-order valence-corrected chi connectivity index (χ4v) is 3.76. The molecule has 2 saturated heterocycles. The van der Waals surface area contributed by atoms with Crippen molar-refractivity contribution in [3.05, 3.63) is 35.4 Å². The van der Waals surface area contributed by atoms with Crippen molar-refractivity contribution < 1.29 is 9.53 Å². The third-order valence-electron chi connectivity index (χ3n) is 5.37. The minimum atomic E-state index is -0.671. The van der Waals surface area contributed by atoms with Crippen LogP contribution in [0.5, 0.6) is 0 Å². The van der Waals surface area contributed by atoms with Crippen LogP contribution >= 0.6 is 24.8 Å². The largest absolute Gasteiger partial charge is 0.368 e. The maximum absolute atomic E-state index is 12.7. The van der Waals surface area contributed by atoms with Crippen LogP contribution in [0.15, 0.2) is 24.3 Å². The van der Waals surface area contributed by atoms with Gasteiger partial charge >= 0.3 is 0 Å². The van der Waals surface area contributed by atoms with Gasteiger partial charge in [-0.1, -0.05) is 24.3 Å². The Morgan fingerprint density at radius 1 is 1.15 bits per heavy atom. The maximum atomic E-state index is 12.7. The van der Waals surface area contributed by atoms with Gasteiger partial charge in [-0.05, 0) is 63.0 Å². The number of likely N-dealkylation sites (tertiary alicyclic amines) is 1. The molecule has 0 bridgehead atoms. The van der Waals surface area contributed by atoms with E-state index in [2.05, 4.69) is 33.7 Å². The molecule has 26 heavy (non-hydrogen) atoms. The van der Waals surface area contributed by atoms with E-state index in [9.17, 15) is 4.79 Å². The summed E-state index contributed by atoms with van der Waals surface area (Å²) < 4.78 is 5.61. The third kappa shape index (κ3) is 5.57. The van der Waals surface area contributed by atoms with Crippen molar-refractivity contribution in [1.82, 2.24) is 15.5 Å². The molecule has 2 aliphatic rings. The fourth-order valence-electron chi connectivity index (χ4n) is 3.76. The Morgan fingerprint density at radius 2 is 1.77 bits per heavy atom. The van der Waals surface area contributed by atoms with Crippen molar-refractivity contribution in [3.63, 3.8) is 0 Å². The molecule has 1 aromatic rings. The number of rotatable bonds is 6. The highest BCUT2D eigenvalue weighted by Crippen LogP contribution is 2.23. The average molecular weight is 404 g/mol. The summed E-state index contributed by atoms with van der Waals surface area (Å²) >= 11 is 0. The first-order valence-corrected chi connectivity index (χ1v) is 9.07. The van der Waals surface area contributed by atoms with E-state index in [-0.39, 0.29) is 30.7 Å². The lowest BCUT2D eigenvalue weighted by atomic mass is 9.91. The molecule has 2 fully saturated rings. The Morgan fingerprint density at radius 3 is 2.38 bits per heavy atom. The molecule has 7 heteroatoms. The molecule has 148 valence electrons. The standard InChI is InChI=1S/C19H29N3O2.2ClH/c1-24-19(8-10-20-11-9-19)18(23)21-14-16-6-2-3-7-17(16)15-22-12-4-5-13-22;;/h2-3,6-7,20H,4-5,8-15H2,1H3,(H,21,23);2*1H. The number of halogens is 2. The highest BCUT2D eigenvalue weighted by atomic mass is 35.5. The third-order valence-corrected chi connectivity index (χ3v) is 5.37. The fraction of sp³-hybridized carbons (Fsp3) is 0.632. The van der Waals surface area contributed by atoms with Crippen LogP contribution in [-0.4, -0.2) is 49.7 Å². The lowest BCUT2D eigenvalue weighted by molar-refractivity contribution is -0.146. The van der Waals surface area contributed by atoms with Gasteiger partial charge in [0, 0.05) is 20.2 Å². The van der Waals surface area contributed by atoms with Gasteiger partial charge in [0.1, 0.15) is 5.60 Å². The predicted octanol–water partition coefficient (Wildman–Crippen LogP) is 2.51. The molecule has 2 aliphatic heterocycles. The summed E-state index contributed by atoms with van der Waals surface area (Å²) in [4.78, 5) is 15.2. The van der Waals surface area contributed by atoms with Crippen LogP contribution in [0.25, 0.3) is 0 Å². The molecule has 0 spiro atoms. The second-order valence-electron chi connectivity index (χ2n) is 6.88. The van der Waals surface area contributed by atoms with Crippen molar-refractivity contribution in [2.24, 2.45) is 0 Å². The summed E-state index contributed by atoms with van der Waals surface area (Å²) in [6, 6.07) is 8.43. The molecule has 0 aromatic heterocycles. The molecule has 3 rings (SSSR count). The minimum absolute atomic E-state index is 0. The van der Waals surface area contributed by atoms with Crippen LogP contribution in [-0.2, 0) is 22.6 Å². The summed E-state index contributed by atoms with van der Waals surface area (Å²) in [5.74, 6) is 0.0162. The van der Waals surface area contributed by atoms with Crippen LogP contribution in [0, 0.1) is 0 Å². The van der Waals surface area contributed by atoms with E-state index >= 15 is 0 Å². The number of ether oxygens (including phenoxy) is 1. The Bertz CT molecular complexity index is 559. The van der Waals surface area contributed by atoms with E-state index in [1.165, 1.54) is 37.1 Å². The van der Waals surface area contributed by atoms with Gasteiger partial charge in [0.25, 0.3) is 5.91 Å². The first-order valence-electron chi connectivity index (χ1n) is 9.07. The molecule has 0 unspecified atom stereocenters. The van der Waals surface area contributed by atoms with Crippen LogP contribution in [0.1, 0.15) is 36.8 Å². The van der Waals surface area contributed by atoms with Gasteiger partial charge in [-0.15, -0.1) is 24.8 Å². The van der Waals surface area contributed by atoms with Gasteiger partial charge in [0.05, 0.1) is 0 Å². The van der Waals surface area contributed by atoms with E-state index in [1.807, 2.05) is 6.07 Å². The average Bonchev–Trinajstić information content (AvgIpc) is 3.14. The van der Waals surface area contributed by atoms with Crippen molar-refractivity contribution >= 4 is 30.7 Å². The van der Waals surface area contributed by atoms with Gasteiger partial charge in [-0.25, -0.2) is 0 Å². The molecule has 2 N–H and O–H groups in total. The zero-order valence-corrected chi connectivity index (χ0v) is 17.1. The van der Waals surface area contributed by atoms with Crippen molar-refractivity contribution in [1.29, 1.82) is 0 Å². The van der Waals surface area contributed by atoms with Gasteiger partial charge in [0.2, 0.25) is 0 Å². The van der Waals surface area contributed by atoms with E-state index in [1.54, 1.807) is 7.11 Å². The second-order valence-corrected chi connectivity index (χ2v) is 6.88. The Balaban J connectivity index is 0.00000169. The molecule has 1 aromatic carbocycles. The van der Waals surface area contributed by atoms with E-state index < -0.39 is 5.60 Å².